The van der Waals surface area contributed by atoms with Gasteiger partial charge >= 0.3 is 0 Å². The van der Waals surface area contributed by atoms with Crippen LogP contribution in [0, 0.1) is 5.41 Å². The molecule has 0 radical (unpaired) electrons. The monoisotopic (exact) mass is 211 g/mol. The Balaban J connectivity index is 1.68. The molecule has 2 rings (SSSR count). The van der Waals surface area contributed by atoms with Gasteiger partial charge in [-0.15, -0.1) is 11.3 Å². The average molecular weight is 211 g/mol. The summed E-state index contributed by atoms with van der Waals surface area (Å²) in [4.78, 5) is 1.31. The first kappa shape index (κ1) is 10.1. The molecule has 0 unspecified atom stereocenters. The summed E-state index contributed by atoms with van der Waals surface area (Å²) in [5, 5.41) is 2.09. The Morgan fingerprint density at radius 2 is 2.36 bits per heavy atom. The van der Waals surface area contributed by atoms with Gasteiger partial charge in [-0.2, -0.15) is 0 Å². The van der Waals surface area contributed by atoms with Crippen molar-refractivity contribution >= 4 is 11.3 Å². The minimum Gasteiger partial charge on any atom is -0.375 e. The van der Waals surface area contributed by atoms with Crippen molar-refractivity contribution < 1.29 is 4.74 Å². The van der Waals surface area contributed by atoms with Crippen LogP contribution in [0.1, 0.15) is 24.1 Å². The van der Waals surface area contributed by atoms with Gasteiger partial charge in [0, 0.05) is 4.88 Å². The molecule has 1 aromatic heterocycles. The highest BCUT2D eigenvalue weighted by atomic mass is 32.1. The molecule has 2 N–H and O–H groups in total. The molecule has 2 nitrogen and oxygen atoms in total. The third-order valence-corrected chi connectivity index (χ3v) is 3.71. The van der Waals surface area contributed by atoms with Crippen molar-refractivity contribution in [1.82, 2.24) is 0 Å². The van der Waals surface area contributed by atoms with E-state index in [4.69, 9.17) is 10.5 Å². The van der Waals surface area contributed by atoms with E-state index in [1.807, 2.05) is 0 Å². The molecule has 1 saturated carbocycles. The molecule has 0 bridgehead atoms. The smallest absolute Gasteiger partial charge is 0.0809 e. The SMILES string of the molecule is NCCC1(COCc2cccs2)CC1. The maximum atomic E-state index is 5.71. The maximum absolute atomic E-state index is 5.71. The maximum Gasteiger partial charge on any atom is 0.0809 e. The Hall–Kier alpha value is -0.380. The van der Waals surface area contributed by atoms with Crippen LogP contribution in [-0.4, -0.2) is 13.2 Å². The number of thiophene rings is 1. The molecular weight excluding hydrogens is 194 g/mol. The molecule has 14 heavy (non-hydrogen) atoms. The van der Waals surface area contributed by atoms with Crippen LogP contribution in [0.4, 0.5) is 0 Å². The molecule has 78 valence electrons. The van der Waals surface area contributed by atoms with Crippen LogP contribution in [0.3, 0.4) is 0 Å². The quantitative estimate of drug-likeness (QED) is 0.784. The van der Waals surface area contributed by atoms with Crippen molar-refractivity contribution in [1.29, 1.82) is 0 Å². The molecule has 3 heteroatoms. The van der Waals surface area contributed by atoms with E-state index in [1.165, 1.54) is 17.7 Å². The van der Waals surface area contributed by atoms with Gasteiger partial charge in [-0.3, -0.25) is 0 Å². The molecule has 0 saturated heterocycles. The fraction of sp³-hybridized carbons (Fsp3) is 0.636. The first-order valence-electron chi connectivity index (χ1n) is 5.15. The van der Waals surface area contributed by atoms with Crippen LogP contribution in [0.5, 0.6) is 0 Å². The highest BCUT2D eigenvalue weighted by Crippen LogP contribution is 2.48. The van der Waals surface area contributed by atoms with Gasteiger partial charge in [0.05, 0.1) is 13.2 Å². The molecule has 1 aromatic rings. The minimum absolute atomic E-state index is 0.450. The largest absolute Gasteiger partial charge is 0.375 e. The fourth-order valence-corrected chi connectivity index (χ4v) is 2.35. The van der Waals surface area contributed by atoms with Gasteiger partial charge in [-0.25, -0.2) is 0 Å². The zero-order valence-electron chi connectivity index (χ0n) is 8.37. The summed E-state index contributed by atoms with van der Waals surface area (Å²) in [6.45, 7) is 2.45. The fourth-order valence-electron chi connectivity index (χ4n) is 1.71. The Kier molecular flexibility index (Phi) is 3.21. The van der Waals surface area contributed by atoms with Crippen molar-refractivity contribution in [3.63, 3.8) is 0 Å². The van der Waals surface area contributed by atoms with E-state index in [-0.39, 0.29) is 0 Å². The minimum atomic E-state index is 0.450. The summed E-state index contributed by atoms with van der Waals surface area (Å²) in [6, 6.07) is 4.18. The van der Waals surface area contributed by atoms with Crippen molar-refractivity contribution in [3.05, 3.63) is 22.4 Å². The van der Waals surface area contributed by atoms with Crippen LogP contribution in [0.15, 0.2) is 17.5 Å². The summed E-state index contributed by atoms with van der Waals surface area (Å²) in [5.41, 5.74) is 6.02. The number of hydrogen-bond donors (Lipinski definition) is 1. The normalized spacial score (nSPS) is 18.4. The first-order chi connectivity index (χ1) is 6.85. The van der Waals surface area contributed by atoms with E-state index >= 15 is 0 Å². The summed E-state index contributed by atoms with van der Waals surface area (Å²) in [7, 11) is 0. The van der Waals surface area contributed by atoms with Crippen LogP contribution >= 0.6 is 11.3 Å². The van der Waals surface area contributed by atoms with Crippen LogP contribution in [-0.2, 0) is 11.3 Å². The zero-order chi connectivity index (χ0) is 9.86. The van der Waals surface area contributed by atoms with Gasteiger partial charge in [-0.1, -0.05) is 6.07 Å². The van der Waals surface area contributed by atoms with Crippen LogP contribution in [0.2, 0.25) is 0 Å². The topological polar surface area (TPSA) is 35.2 Å². The zero-order valence-corrected chi connectivity index (χ0v) is 9.19. The summed E-state index contributed by atoms with van der Waals surface area (Å²) in [5.74, 6) is 0. The van der Waals surface area contributed by atoms with Gasteiger partial charge in [0.1, 0.15) is 0 Å². The van der Waals surface area contributed by atoms with E-state index in [1.54, 1.807) is 11.3 Å². The van der Waals surface area contributed by atoms with E-state index in [0.717, 1.165) is 26.2 Å². The van der Waals surface area contributed by atoms with E-state index in [2.05, 4.69) is 17.5 Å². The molecule has 1 aliphatic rings. The number of rotatable bonds is 6. The second-order valence-corrected chi connectivity index (χ2v) is 5.14. The van der Waals surface area contributed by atoms with Crippen LogP contribution in [0.25, 0.3) is 0 Å². The highest BCUT2D eigenvalue weighted by Gasteiger charge is 2.41. The third-order valence-electron chi connectivity index (χ3n) is 2.86. The number of hydrogen-bond acceptors (Lipinski definition) is 3. The lowest BCUT2D eigenvalue weighted by molar-refractivity contribution is 0.0773. The standard InChI is InChI=1S/C11H17NOS/c12-6-5-11(3-4-11)9-13-8-10-2-1-7-14-10/h1-2,7H,3-6,8-9,12H2. The molecular formula is C11H17NOS. The molecule has 1 heterocycles. The van der Waals surface area contributed by atoms with Crippen molar-refractivity contribution in [2.45, 2.75) is 25.9 Å². The van der Waals surface area contributed by atoms with Gasteiger partial charge in [0.25, 0.3) is 0 Å². The molecule has 0 spiro atoms. The lowest BCUT2D eigenvalue weighted by atomic mass is 10.0. The summed E-state index contributed by atoms with van der Waals surface area (Å²) in [6.07, 6.45) is 3.72. The first-order valence-corrected chi connectivity index (χ1v) is 6.03. The molecule has 0 aromatic carbocycles. The molecule has 1 fully saturated rings. The second-order valence-electron chi connectivity index (χ2n) is 4.11. The van der Waals surface area contributed by atoms with Gasteiger partial charge in [0.15, 0.2) is 0 Å². The number of ether oxygens (including phenoxy) is 1. The van der Waals surface area contributed by atoms with Crippen molar-refractivity contribution in [2.75, 3.05) is 13.2 Å². The summed E-state index contributed by atoms with van der Waals surface area (Å²) >= 11 is 1.76. The van der Waals surface area contributed by atoms with Gasteiger partial charge < -0.3 is 10.5 Å². The van der Waals surface area contributed by atoms with Gasteiger partial charge in [0.2, 0.25) is 0 Å². The van der Waals surface area contributed by atoms with E-state index in [0.29, 0.717) is 5.41 Å². The highest BCUT2D eigenvalue weighted by molar-refractivity contribution is 7.09. The molecule has 0 aliphatic heterocycles. The third kappa shape index (κ3) is 2.56. The van der Waals surface area contributed by atoms with E-state index < -0.39 is 0 Å². The average Bonchev–Trinajstić information content (AvgIpc) is 2.75. The second kappa shape index (κ2) is 4.43. The Labute approximate surface area is 89.1 Å². The molecule has 0 atom stereocenters. The number of nitrogens with two attached hydrogens (primary N) is 1. The van der Waals surface area contributed by atoms with E-state index in [9.17, 15) is 0 Å². The molecule has 0 amide bonds. The van der Waals surface area contributed by atoms with Crippen LogP contribution < -0.4 is 5.73 Å². The predicted octanol–water partition coefficient (Wildman–Crippen LogP) is 2.39. The predicted molar refractivity (Wildman–Crippen MR) is 59.3 cm³/mol. The lowest BCUT2D eigenvalue weighted by Crippen LogP contribution is -2.15. The molecule has 1 aliphatic carbocycles. The van der Waals surface area contributed by atoms with Gasteiger partial charge in [-0.05, 0) is 42.7 Å². The Morgan fingerprint density at radius 3 is 2.93 bits per heavy atom. The lowest BCUT2D eigenvalue weighted by Gasteiger charge is -2.13. The summed E-state index contributed by atoms with van der Waals surface area (Å²) < 4.78 is 5.71. The van der Waals surface area contributed by atoms with Crippen molar-refractivity contribution in [2.24, 2.45) is 11.1 Å². The van der Waals surface area contributed by atoms with Crippen molar-refractivity contribution in [3.8, 4) is 0 Å². The Morgan fingerprint density at radius 1 is 1.50 bits per heavy atom. The Bertz CT molecular complexity index is 267.